The van der Waals surface area contributed by atoms with Crippen LogP contribution >= 0.6 is 0 Å². The van der Waals surface area contributed by atoms with Gasteiger partial charge < -0.3 is 11.1 Å². The monoisotopic (exact) mass is 210 g/mol. The third-order valence-corrected chi connectivity index (χ3v) is 2.27. The lowest BCUT2D eigenvalue weighted by molar-refractivity contribution is 0.0948. The second-order valence-corrected chi connectivity index (χ2v) is 3.85. The van der Waals surface area contributed by atoms with E-state index in [1.54, 1.807) is 17.9 Å². The number of rotatable bonds is 4. The molecule has 0 aliphatic heterocycles. The Balaban J connectivity index is 2.58. The number of hydrogen-bond donors (Lipinski definition) is 2. The fourth-order valence-electron chi connectivity index (χ4n) is 1.27. The van der Waals surface area contributed by atoms with Crippen molar-refractivity contribution in [1.29, 1.82) is 0 Å². The number of nitrogens with two attached hydrogens (primary N) is 1. The normalized spacial score (nSPS) is 12.5. The summed E-state index contributed by atoms with van der Waals surface area (Å²) in [6.07, 6.45) is 1.72. The molecule has 0 saturated heterocycles. The molecule has 1 aromatic rings. The molecule has 5 heteroatoms. The molecule has 1 amide bonds. The zero-order valence-electron chi connectivity index (χ0n) is 9.45. The quantitative estimate of drug-likeness (QED) is 0.737. The van der Waals surface area contributed by atoms with Crippen LogP contribution < -0.4 is 11.1 Å². The van der Waals surface area contributed by atoms with E-state index in [0.29, 0.717) is 24.6 Å². The molecule has 5 nitrogen and oxygen atoms in total. The number of nitrogens with zero attached hydrogens (tertiary/aromatic N) is 2. The predicted molar refractivity (Wildman–Crippen MR) is 58.5 cm³/mol. The van der Waals surface area contributed by atoms with Crippen LogP contribution in [0.1, 0.15) is 23.0 Å². The number of aromatic nitrogens is 2. The third kappa shape index (κ3) is 3.06. The fraction of sp³-hybridized carbons (Fsp3) is 0.600. The molecule has 84 valence electrons. The van der Waals surface area contributed by atoms with Gasteiger partial charge in [-0.1, -0.05) is 6.92 Å². The Hall–Kier alpha value is -1.36. The van der Waals surface area contributed by atoms with Crippen molar-refractivity contribution >= 4 is 5.91 Å². The summed E-state index contributed by atoms with van der Waals surface area (Å²) in [6, 6.07) is 0. The van der Waals surface area contributed by atoms with Crippen molar-refractivity contribution < 1.29 is 4.79 Å². The molecule has 1 heterocycles. The molecule has 0 saturated carbocycles. The zero-order chi connectivity index (χ0) is 11.4. The summed E-state index contributed by atoms with van der Waals surface area (Å²) in [5.41, 5.74) is 6.84. The van der Waals surface area contributed by atoms with Gasteiger partial charge in [0.05, 0.1) is 11.3 Å². The van der Waals surface area contributed by atoms with Gasteiger partial charge in [-0.15, -0.1) is 0 Å². The van der Waals surface area contributed by atoms with E-state index in [-0.39, 0.29) is 5.91 Å². The Labute approximate surface area is 89.6 Å². The molecule has 1 unspecified atom stereocenters. The highest BCUT2D eigenvalue weighted by atomic mass is 16.1. The highest BCUT2D eigenvalue weighted by molar-refractivity contribution is 5.94. The second kappa shape index (κ2) is 4.93. The lowest BCUT2D eigenvalue weighted by Gasteiger charge is -2.09. The van der Waals surface area contributed by atoms with E-state index < -0.39 is 0 Å². The Morgan fingerprint density at radius 2 is 2.40 bits per heavy atom. The van der Waals surface area contributed by atoms with E-state index in [1.165, 1.54) is 0 Å². The maximum Gasteiger partial charge on any atom is 0.254 e. The summed E-state index contributed by atoms with van der Waals surface area (Å²) in [5.74, 6) is 0.215. The average Bonchev–Trinajstić information content (AvgIpc) is 2.53. The molecule has 3 N–H and O–H groups in total. The lowest BCUT2D eigenvalue weighted by Crippen LogP contribution is -2.31. The van der Waals surface area contributed by atoms with Gasteiger partial charge in [0.1, 0.15) is 0 Å². The summed E-state index contributed by atoms with van der Waals surface area (Å²) in [6.45, 7) is 4.99. The van der Waals surface area contributed by atoms with E-state index in [2.05, 4.69) is 10.4 Å². The standard InChI is InChI=1S/C10H18N4O/c1-7(4-11)5-12-10(15)9-6-14(3)13-8(9)2/h6-7H,4-5,11H2,1-3H3,(H,12,15). The van der Waals surface area contributed by atoms with Crippen molar-refractivity contribution in [3.8, 4) is 0 Å². The average molecular weight is 210 g/mol. The van der Waals surface area contributed by atoms with E-state index in [0.717, 1.165) is 5.69 Å². The molecule has 1 aromatic heterocycles. The molecule has 0 aliphatic carbocycles. The minimum atomic E-state index is -0.0825. The Kier molecular flexibility index (Phi) is 3.85. The highest BCUT2D eigenvalue weighted by Crippen LogP contribution is 2.04. The minimum Gasteiger partial charge on any atom is -0.352 e. The Morgan fingerprint density at radius 1 is 1.73 bits per heavy atom. The summed E-state index contributed by atoms with van der Waals surface area (Å²) in [5, 5.41) is 6.94. The molecule has 0 radical (unpaired) electrons. The van der Waals surface area contributed by atoms with Gasteiger partial charge in [0.25, 0.3) is 5.91 Å². The largest absolute Gasteiger partial charge is 0.352 e. The first-order chi connectivity index (χ1) is 7.04. The first-order valence-electron chi connectivity index (χ1n) is 5.03. The van der Waals surface area contributed by atoms with Crippen LogP contribution in [0, 0.1) is 12.8 Å². The van der Waals surface area contributed by atoms with E-state index in [4.69, 9.17) is 5.73 Å². The van der Waals surface area contributed by atoms with Gasteiger partial charge >= 0.3 is 0 Å². The first kappa shape index (κ1) is 11.7. The topological polar surface area (TPSA) is 72.9 Å². The molecule has 1 rings (SSSR count). The second-order valence-electron chi connectivity index (χ2n) is 3.85. The van der Waals surface area contributed by atoms with Gasteiger partial charge in [-0.3, -0.25) is 9.48 Å². The fourth-order valence-corrected chi connectivity index (χ4v) is 1.27. The van der Waals surface area contributed by atoms with Crippen LogP contribution in [0.25, 0.3) is 0 Å². The van der Waals surface area contributed by atoms with Crippen LogP contribution in [0.15, 0.2) is 6.20 Å². The molecule has 0 aliphatic rings. The van der Waals surface area contributed by atoms with E-state index in [9.17, 15) is 4.79 Å². The van der Waals surface area contributed by atoms with Gasteiger partial charge in [0.15, 0.2) is 0 Å². The van der Waals surface area contributed by atoms with Crippen LogP contribution in [-0.4, -0.2) is 28.8 Å². The molecule has 1 atom stereocenters. The predicted octanol–water partition coefficient (Wildman–Crippen LogP) is 0.0531. The van der Waals surface area contributed by atoms with Gasteiger partial charge in [-0.05, 0) is 19.4 Å². The van der Waals surface area contributed by atoms with Gasteiger partial charge in [-0.25, -0.2) is 0 Å². The third-order valence-electron chi connectivity index (χ3n) is 2.27. The van der Waals surface area contributed by atoms with E-state index >= 15 is 0 Å². The van der Waals surface area contributed by atoms with Gasteiger partial charge in [0.2, 0.25) is 0 Å². The Bertz CT molecular complexity index is 345. The van der Waals surface area contributed by atoms with Crippen molar-refractivity contribution in [3.63, 3.8) is 0 Å². The number of hydrogen-bond acceptors (Lipinski definition) is 3. The lowest BCUT2D eigenvalue weighted by atomic mass is 10.2. The van der Waals surface area contributed by atoms with E-state index in [1.807, 2.05) is 13.8 Å². The van der Waals surface area contributed by atoms with Crippen molar-refractivity contribution in [1.82, 2.24) is 15.1 Å². The number of carbonyl (C=O) groups excluding carboxylic acids is 1. The minimum absolute atomic E-state index is 0.0825. The molecular formula is C10H18N4O. The van der Waals surface area contributed by atoms with Crippen LogP contribution in [0.4, 0.5) is 0 Å². The molecule has 0 aromatic carbocycles. The summed E-state index contributed by atoms with van der Waals surface area (Å²) in [4.78, 5) is 11.7. The van der Waals surface area contributed by atoms with Gasteiger partial charge in [0, 0.05) is 19.8 Å². The number of amides is 1. The molecule has 0 fully saturated rings. The summed E-state index contributed by atoms with van der Waals surface area (Å²) >= 11 is 0. The first-order valence-corrected chi connectivity index (χ1v) is 5.03. The SMILES string of the molecule is Cc1nn(C)cc1C(=O)NCC(C)CN. The maximum atomic E-state index is 11.7. The number of carbonyl (C=O) groups is 1. The maximum absolute atomic E-state index is 11.7. The van der Waals surface area contributed by atoms with Crippen molar-refractivity contribution in [2.45, 2.75) is 13.8 Å². The number of nitrogens with one attached hydrogen (secondary N) is 1. The molecule has 0 bridgehead atoms. The summed E-state index contributed by atoms with van der Waals surface area (Å²) in [7, 11) is 1.80. The van der Waals surface area contributed by atoms with Crippen LogP contribution in [-0.2, 0) is 7.05 Å². The Morgan fingerprint density at radius 3 is 2.87 bits per heavy atom. The smallest absolute Gasteiger partial charge is 0.254 e. The molecule has 0 spiro atoms. The van der Waals surface area contributed by atoms with Crippen molar-refractivity contribution in [2.24, 2.45) is 18.7 Å². The molecule has 15 heavy (non-hydrogen) atoms. The van der Waals surface area contributed by atoms with Crippen LogP contribution in [0.5, 0.6) is 0 Å². The van der Waals surface area contributed by atoms with Crippen LogP contribution in [0.2, 0.25) is 0 Å². The molecular weight excluding hydrogens is 192 g/mol. The van der Waals surface area contributed by atoms with Crippen molar-refractivity contribution in [3.05, 3.63) is 17.5 Å². The van der Waals surface area contributed by atoms with Crippen LogP contribution in [0.3, 0.4) is 0 Å². The number of aryl methyl sites for hydroxylation is 2. The van der Waals surface area contributed by atoms with Crippen molar-refractivity contribution in [2.75, 3.05) is 13.1 Å². The highest BCUT2D eigenvalue weighted by Gasteiger charge is 2.12. The zero-order valence-corrected chi connectivity index (χ0v) is 9.45. The summed E-state index contributed by atoms with van der Waals surface area (Å²) < 4.78 is 1.64. The van der Waals surface area contributed by atoms with Gasteiger partial charge in [-0.2, -0.15) is 5.10 Å².